The highest BCUT2D eigenvalue weighted by Gasteiger charge is 2.10. The third-order valence-electron chi connectivity index (χ3n) is 1.60. The van der Waals surface area contributed by atoms with E-state index < -0.39 is 0 Å². The number of nitrogens with zero attached hydrogens (tertiary/aromatic N) is 3. The fourth-order valence-electron chi connectivity index (χ4n) is 1.02. The first kappa shape index (κ1) is 8.74. The number of anilines is 1. The summed E-state index contributed by atoms with van der Waals surface area (Å²) < 4.78 is 9.95. The van der Waals surface area contributed by atoms with Gasteiger partial charge in [-0.15, -0.1) is 0 Å². The number of hydrogen-bond acceptors (Lipinski definition) is 6. The maximum atomic E-state index is 5.03. The largest absolute Gasteiger partial charge is 0.449 e. The van der Waals surface area contributed by atoms with Crippen LogP contribution in [-0.2, 0) is 0 Å². The topological polar surface area (TPSA) is 77.0 Å². The molecule has 0 amide bonds. The number of aryl methyl sites for hydroxylation is 1. The average Bonchev–Trinajstić information content (AvgIpc) is 2.74. The van der Waals surface area contributed by atoms with E-state index in [4.69, 9.17) is 8.94 Å². The van der Waals surface area contributed by atoms with Crippen molar-refractivity contribution in [3.63, 3.8) is 0 Å². The Kier molecular flexibility index (Phi) is 2.18. The average molecular weight is 194 g/mol. The maximum absolute atomic E-state index is 5.03. The molecule has 0 unspecified atom stereocenters. The molecule has 74 valence electrons. The minimum absolute atomic E-state index is 0.392. The van der Waals surface area contributed by atoms with Crippen LogP contribution in [0.25, 0.3) is 11.5 Å². The van der Waals surface area contributed by atoms with Crippen molar-refractivity contribution in [1.82, 2.24) is 15.1 Å². The first-order valence-corrected chi connectivity index (χ1v) is 4.29. The highest BCUT2D eigenvalue weighted by atomic mass is 16.5. The van der Waals surface area contributed by atoms with Crippen LogP contribution < -0.4 is 5.32 Å². The van der Waals surface area contributed by atoms with Crippen LogP contribution in [0.3, 0.4) is 0 Å². The van der Waals surface area contributed by atoms with Crippen LogP contribution in [0.4, 0.5) is 6.01 Å². The summed E-state index contributed by atoms with van der Waals surface area (Å²) in [5.41, 5.74) is 0.579. The van der Waals surface area contributed by atoms with E-state index in [2.05, 4.69) is 20.4 Å². The summed E-state index contributed by atoms with van der Waals surface area (Å²) in [6.45, 7) is 4.44. The lowest BCUT2D eigenvalue weighted by Crippen LogP contribution is -1.95. The van der Waals surface area contributed by atoms with Gasteiger partial charge < -0.3 is 14.3 Å². The predicted molar refractivity (Wildman–Crippen MR) is 48.7 cm³/mol. The molecule has 6 nitrogen and oxygen atoms in total. The fourth-order valence-corrected chi connectivity index (χ4v) is 1.02. The summed E-state index contributed by atoms with van der Waals surface area (Å²) in [6.07, 6.45) is 1.50. The molecule has 0 atom stereocenters. The second-order valence-electron chi connectivity index (χ2n) is 2.71. The Labute approximate surface area is 80.3 Å². The molecule has 0 saturated carbocycles. The third-order valence-corrected chi connectivity index (χ3v) is 1.60. The van der Waals surface area contributed by atoms with E-state index in [0.717, 1.165) is 6.54 Å². The van der Waals surface area contributed by atoms with E-state index in [-0.39, 0.29) is 0 Å². The van der Waals surface area contributed by atoms with Gasteiger partial charge in [0.25, 0.3) is 0 Å². The van der Waals surface area contributed by atoms with Gasteiger partial charge >= 0.3 is 6.01 Å². The number of oxazole rings is 1. The molecule has 2 rings (SSSR count). The van der Waals surface area contributed by atoms with Crippen molar-refractivity contribution in [3.8, 4) is 11.5 Å². The predicted octanol–water partition coefficient (Wildman–Crippen LogP) is 1.46. The molecule has 1 N–H and O–H groups in total. The summed E-state index contributed by atoms with van der Waals surface area (Å²) in [5.74, 6) is 1.01. The number of rotatable bonds is 3. The quantitative estimate of drug-likeness (QED) is 0.797. The van der Waals surface area contributed by atoms with Crippen LogP contribution in [0.1, 0.15) is 12.8 Å². The van der Waals surface area contributed by atoms with Gasteiger partial charge in [0.1, 0.15) is 6.26 Å². The summed E-state index contributed by atoms with van der Waals surface area (Å²) in [4.78, 5) is 8.15. The molecule has 2 aromatic rings. The molecule has 0 aromatic carbocycles. The van der Waals surface area contributed by atoms with Crippen molar-refractivity contribution in [1.29, 1.82) is 0 Å². The molecule has 0 aliphatic carbocycles. The fraction of sp³-hybridized carbons (Fsp3) is 0.375. The van der Waals surface area contributed by atoms with Gasteiger partial charge in [-0.3, -0.25) is 0 Å². The summed E-state index contributed by atoms with van der Waals surface area (Å²) in [6, 6.07) is 0.392. The Hall–Kier alpha value is -1.85. The van der Waals surface area contributed by atoms with E-state index in [0.29, 0.717) is 23.4 Å². The van der Waals surface area contributed by atoms with Crippen LogP contribution in [0.15, 0.2) is 15.2 Å². The van der Waals surface area contributed by atoms with E-state index >= 15 is 0 Å². The smallest absolute Gasteiger partial charge is 0.321 e. The number of hydrogen-bond donors (Lipinski definition) is 1. The Morgan fingerprint density at radius 1 is 1.43 bits per heavy atom. The molecule has 0 spiro atoms. The molecular formula is C8H10N4O2. The van der Waals surface area contributed by atoms with Crippen molar-refractivity contribution in [2.24, 2.45) is 0 Å². The second-order valence-corrected chi connectivity index (χ2v) is 2.71. The van der Waals surface area contributed by atoms with Gasteiger partial charge in [0.15, 0.2) is 11.6 Å². The Morgan fingerprint density at radius 2 is 2.29 bits per heavy atom. The normalized spacial score (nSPS) is 10.4. The Morgan fingerprint density at radius 3 is 2.93 bits per heavy atom. The molecule has 0 aliphatic rings. The highest BCUT2D eigenvalue weighted by Crippen LogP contribution is 2.16. The first-order chi connectivity index (χ1) is 6.79. The van der Waals surface area contributed by atoms with Crippen molar-refractivity contribution in [2.75, 3.05) is 11.9 Å². The Balaban J connectivity index is 2.24. The van der Waals surface area contributed by atoms with E-state index in [1.54, 1.807) is 6.92 Å². The van der Waals surface area contributed by atoms with Gasteiger partial charge in [0.05, 0.1) is 0 Å². The monoisotopic (exact) mass is 194 g/mol. The van der Waals surface area contributed by atoms with Gasteiger partial charge in [0, 0.05) is 13.5 Å². The summed E-state index contributed by atoms with van der Waals surface area (Å²) in [5, 5.41) is 6.65. The minimum atomic E-state index is 0.392. The first-order valence-electron chi connectivity index (χ1n) is 4.29. The zero-order valence-corrected chi connectivity index (χ0v) is 7.94. The number of aromatic nitrogens is 3. The molecule has 0 aliphatic heterocycles. The van der Waals surface area contributed by atoms with E-state index in [9.17, 15) is 0 Å². The Bertz CT molecular complexity index is 420. The van der Waals surface area contributed by atoms with Gasteiger partial charge in [-0.2, -0.15) is 4.98 Å². The van der Waals surface area contributed by atoms with Crippen LogP contribution in [-0.4, -0.2) is 21.7 Å². The molecule has 0 fully saturated rings. The lowest BCUT2D eigenvalue weighted by molar-refractivity contribution is 0.432. The minimum Gasteiger partial charge on any atom is -0.449 e. The molecule has 0 saturated heterocycles. The van der Waals surface area contributed by atoms with Crippen molar-refractivity contribution in [2.45, 2.75) is 13.8 Å². The van der Waals surface area contributed by atoms with Gasteiger partial charge in [-0.1, -0.05) is 5.16 Å². The number of nitrogens with one attached hydrogen (secondary N) is 1. The van der Waals surface area contributed by atoms with E-state index in [1.807, 2.05) is 6.92 Å². The van der Waals surface area contributed by atoms with Gasteiger partial charge in [-0.05, 0) is 6.92 Å². The summed E-state index contributed by atoms with van der Waals surface area (Å²) >= 11 is 0. The third kappa shape index (κ3) is 1.59. The van der Waals surface area contributed by atoms with Crippen LogP contribution in [0, 0.1) is 6.92 Å². The molecular weight excluding hydrogens is 184 g/mol. The zero-order valence-electron chi connectivity index (χ0n) is 7.94. The van der Waals surface area contributed by atoms with Crippen LogP contribution >= 0.6 is 0 Å². The van der Waals surface area contributed by atoms with Gasteiger partial charge in [-0.25, -0.2) is 4.98 Å². The standard InChI is InChI=1S/C8H10N4O2/c1-3-9-8-11-7(12-14-8)6-4-13-5(2)10-6/h4H,3H2,1-2H3,(H,9,11,12). The molecule has 2 aromatic heterocycles. The highest BCUT2D eigenvalue weighted by molar-refractivity contribution is 5.47. The molecule has 0 bridgehead atoms. The molecule has 14 heavy (non-hydrogen) atoms. The van der Waals surface area contributed by atoms with Crippen molar-refractivity contribution >= 4 is 6.01 Å². The second kappa shape index (κ2) is 3.49. The van der Waals surface area contributed by atoms with Crippen molar-refractivity contribution in [3.05, 3.63) is 12.2 Å². The zero-order chi connectivity index (χ0) is 9.97. The molecule has 0 radical (unpaired) electrons. The van der Waals surface area contributed by atoms with Gasteiger partial charge in [0.2, 0.25) is 5.82 Å². The lowest BCUT2D eigenvalue weighted by Gasteiger charge is -1.89. The van der Waals surface area contributed by atoms with Crippen LogP contribution in [0.5, 0.6) is 0 Å². The van der Waals surface area contributed by atoms with Crippen LogP contribution in [0.2, 0.25) is 0 Å². The molecule has 2 heterocycles. The molecule has 6 heteroatoms. The maximum Gasteiger partial charge on any atom is 0.321 e. The summed E-state index contributed by atoms with van der Waals surface area (Å²) in [7, 11) is 0. The van der Waals surface area contributed by atoms with E-state index in [1.165, 1.54) is 6.26 Å². The lowest BCUT2D eigenvalue weighted by atomic mass is 10.5. The van der Waals surface area contributed by atoms with Crippen molar-refractivity contribution < 1.29 is 8.94 Å². The SMILES string of the molecule is CCNc1nc(-c2coc(C)n2)no1.